The van der Waals surface area contributed by atoms with Gasteiger partial charge in [-0.2, -0.15) is 0 Å². The molecule has 0 radical (unpaired) electrons. The molecule has 3 N–H and O–H groups in total. The van der Waals surface area contributed by atoms with E-state index in [-0.39, 0.29) is 0 Å². The van der Waals surface area contributed by atoms with Crippen LogP contribution in [-0.4, -0.2) is 55.5 Å². The minimum Gasteiger partial charge on any atom is -0.400 e. The van der Waals surface area contributed by atoms with Crippen LogP contribution >= 0.6 is 0 Å². The Hall–Kier alpha value is -0.160. The Labute approximate surface area is 92.4 Å². The molecule has 0 amide bonds. The summed E-state index contributed by atoms with van der Waals surface area (Å²) in [6.45, 7) is 4.09. The first kappa shape index (κ1) is 12.9. The van der Waals surface area contributed by atoms with Crippen molar-refractivity contribution in [3.05, 3.63) is 0 Å². The monoisotopic (exact) mass is 216 g/mol. The van der Waals surface area contributed by atoms with Crippen molar-refractivity contribution >= 4 is 0 Å². The predicted octanol–water partition coefficient (Wildman–Crippen LogP) is 0.197. The average molecular weight is 216 g/mol. The van der Waals surface area contributed by atoms with Crippen molar-refractivity contribution in [2.75, 3.05) is 33.4 Å². The molecular formula is C11H24N2O2. The maximum Gasteiger partial charge on any atom is 0.0594 e. The van der Waals surface area contributed by atoms with Gasteiger partial charge in [0.25, 0.3) is 0 Å². The van der Waals surface area contributed by atoms with Crippen LogP contribution in [-0.2, 0) is 4.74 Å². The van der Waals surface area contributed by atoms with Crippen LogP contribution in [0.4, 0.5) is 0 Å². The van der Waals surface area contributed by atoms with E-state index in [9.17, 15) is 0 Å². The first-order valence-corrected chi connectivity index (χ1v) is 5.88. The Morgan fingerprint density at radius 2 is 1.60 bits per heavy atom. The number of nitrogens with two attached hydrogens (primary N) is 1. The summed E-state index contributed by atoms with van der Waals surface area (Å²) in [5.41, 5.74) is 5.88. The Morgan fingerprint density at radius 1 is 1.07 bits per heavy atom. The van der Waals surface area contributed by atoms with Crippen LogP contribution in [0.2, 0.25) is 0 Å². The van der Waals surface area contributed by atoms with Gasteiger partial charge in [-0.05, 0) is 25.7 Å². The third-order valence-electron chi connectivity index (χ3n) is 3.30. The lowest BCUT2D eigenvalue weighted by atomic mass is 9.90. The SMILES string of the molecule is CO.NC1CCC(N2CCOCC2)CC1. The minimum atomic E-state index is 0.470. The third kappa shape index (κ3) is 4.07. The number of aliphatic hydroxyl groups is 1. The van der Waals surface area contributed by atoms with E-state index in [1.54, 1.807) is 0 Å². The van der Waals surface area contributed by atoms with Gasteiger partial charge in [-0.25, -0.2) is 0 Å². The fourth-order valence-corrected chi connectivity index (χ4v) is 2.41. The molecule has 1 saturated carbocycles. The van der Waals surface area contributed by atoms with Gasteiger partial charge in [0.1, 0.15) is 0 Å². The minimum absolute atomic E-state index is 0.470. The molecule has 1 aliphatic heterocycles. The molecule has 0 bridgehead atoms. The molecule has 2 fully saturated rings. The van der Waals surface area contributed by atoms with Crippen LogP contribution in [0.3, 0.4) is 0 Å². The first-order valence-electron chi connectivity index (χ1n) is 5.88. The van der Waals surface area contributed by atoms with Crippen molar-refractivity contribution in [3.63, 3.8) is 0 Å². The van der Waals surface area contributed by atoms with E-state index in [2.05, 4.69) is 4.90 Å². The highest BCUT2D eigenvalue weighted by atomic mass is 16.5. The zero-order valence-electron chi connectivity index (χ0n) is 9.69. The zero-order valence-corrected chi connectivity index (χ0v) is 9.69. The Kier molecular flexibility index (Phi) is 6.17. The van der Waals surface area contributed by atoms with Gasteiger partial charge in [-0.3, -0.25) is 4.90 Å². The second-order valence-corrected chi connectivity index (χ2v) is 4.22. The smallest absolute Gasteiger partial charge is 0.0594 e. The van der Waals surface area contributed by atoms with Crippen LogP contribution < -0.4 is 5.73 Å². The number of morpholine rings is 1. The maximum absolute atomic E-state index is 7.00. The first-order chi connectivity index (χ1) is 7.36. The highest BCUT2D eigenvalue weighted by molar-refractivity contribution is 4.81. The fourth-order valence-electron chi connectivity index (χ4n) is 2.41. The predicted molar refractivity (Wildman–Crippen MR) is 60.8 cm³/mol. The van der Waals surface area contributed by atoms with E-state index >= 15 is 0 Å². The van der Waals surface area contributed by atoms with Crippen LogP contribution in [0, 0.1) is 0 Å². The van der Waals surface area contributed by atoms with Crippen molar-refractivity contribution < 1.29 is 9.84 Å². The Morgan fingerprint density at radius 3 is 2.13 bits per heavy atom. The average Bonchev–Trinajstić information content (AvgIpc) is 2.34. The van der Waals surface area contributed by atoms with Gasteiger partial charge < -0.3 is 15.6 Å². The highest BCUT2D eigenvalue weighted by Crippen LogP contribution is 2.22. The van der Waals surface area contributed by atoms with Gasteiger partial charge in [-0.1, -0.05) is 0 Å². The summed E-state index contributed by atoms with van der Waals surface area (Å²) in [6, 6.07) is 1.26. The van der Waals surface area contributed by atoms with Crippen LogP contribution in [0.15, 0.2) is 0 Å². The van der Waals surface area contributed by atoms with Crippen LogP contribution in [0.25, 0.3) is 0 Å². The molecule has 0 aromatic carbocycles. The number of ether oxygens (including phenoxy) is 1. The molecule has 15 heavy (non-hydrogen) atoms. The number of nitrogens with zero attached hydrogens (tertiary/aromatic N) is 1. The molecule has 0 atom stereocenters. The fraction of sp³-hybridized carbons (Fsp3) is 1.00. The van der Waals surface area contributed by atoms with E-state index in [0.29, 0.717) is 6.04 Å². The summed E-state index contributed by atoms with van der Waals surface area (Å²) >= 11 is 0. The molecule has 0 spiro atoms. The molecule has 0 aromatic heterocycles. The van der Waals surface area contributed by atoms with Gasteiger partial charge in [0.15, 0.2) is 0 Å². The molecule has 1 aliphatic carbocycles. The molecule has 2 rings (SSSR count). The lowest BCUT2D eigenvalue weighted by Crippen LogP contribution is -2.46. The van der Waals surface area contributed by atoms with Crippen molar-refractivity contribution in [1.29, 1.82) is 0 Å². The number of rotatable bonds is 1. The topological polar surface area (TPSA) is 58.7 Å². The van der Waals surface area contributed by atoms with Crippen LogP contribution in [0.5, 0.6) is 0 Å². The summed E-state index contributed by atoms with van der Waals surface area (Å²) in [5.74, 6) is 0. The van der Waals surface area contributed by atoms with E-state index in [4.69, 9.17) is 15.6 Å². The van der Waals surface area contributed by atoms with Crippen molar-refractivity contribution in [1.82, 2.24) is 4.90 Å². The molecule has 1 saturated heterocycles. The largest absolute Gasteiger partial charge is 0.400 e. The summed E-state index contributed by atoms with van der Waals surface area (Å²) in [6.07, 6.45) is 5.01. The second-order valence-electron chi connectivity index (χ2n) is 4.22. The number of hydrogen-bond donors (Lipinski definition) is 2. The maximum atomic E-state index is 7.00. The van der Waals surface area contributed by atoms with Crippen LogP contribution in [0.1, 0.15) is 25.7 Å². The van der Waals surface area contributed by atoms with E-state index in [1.165, 1.54) is 25.7 Å². The zero-order chi connectivity index (χ0) is 11.1. The van der Waals surface area contributed by atoms with Gasteiger partial charge in [-0.15, -0.1) is 0 Å². The lowest BCUT2D eigenvalue weighted by molar-refractivity contribution is 0.00749. The van der Waals surface area contributed by atoms with Gasteiger partial charge in [0, 0.05) is 32.3 Å². The molecule has 0 unspecified atom stereocenters. The van der Waals surface area contributed by atoms with E-state index in [1.807, 2.05) is 0 Å². The molecule has 4 nitrogen and oxygen atoms in total. The van der Waals surface area contributed by atoms with E-state index in [0.717, 1.165) is 39.5 Å². The van der Waals surface area contributed by atoms with Gasteiger partial charge in [0.2, 0.25) is 0 Å². The van der Waals surface area contributed by atoms with Crippen molar-refractivity contribution in [3.8, 4) is 0 Å². The van der Waals surface area contributed by atoms with Gasteiger partial charge in [0.05, 0.1) is 13.2 Å². The standard InChI is InChI=1S/C10H20N2O.CH4O/c11-9-1-3-10(4-2-9)12-5-7-13-8-6-12;1-2/h9-10H,1-8,11H2;2H,1H3. The third-order valence-corrected chi connectivity index (χ3v) is 3.30. The quantitative estimate of drug-likeness (QED) is 0.657. The molecule has 90 valence electrons. The van der Waals surface area contributed by atoms with Gasteiger partial charge >= 0.3 is 0 Å². The summed E-state index contributed by atoms with van der Waals surface area (Å²) in [7, 11) is 1.00. The number of aliphatic hydroxyl groups excluding tert-OH is 1. The highest BCUT2D eigenvalue weighted by Gasteiger charge is 2.25. The number of hydrogen-bond acceptors (Lipinski definition) is 4. The molecule has 4 heteroatoms. The summed E-state index contributed by atoms with van der Waals surface area (Å²) in [5, 5.41) is 7.00. The molecule has 1 heterocycles. The second kappa shape index (κ2) is 7.17. The Balaban J connectivity index is 0.000000531. The normalized spacial score (nSPS) is 33.0. The summed E-state index contributed by atoms with van der Waals surface area (Å²) < 4.78 is 5.35. The molecule has 0 aromatic rings. The lowest BCUT2D eigenvalue weighted by Gasteiger charge is -2.38. The van der Waals surface area contributed by atoms with Crippen molar-refractivity contribution in [2.45, 2.75) is 37.8 Å². The van der Waals surface area contributed by atoms with E-state index < -0.39 is 0 Å². The molecule has 2 aliphatic rings. The van der Waals surface area contributed by atoms with Crippen molar-refractivity contribution in [2.24, 2.45) is 5.73 Å². The summed E-state index contributed by atoms with van der Waals surface area (Å²) in [4.78, 5) is 2.58. The Bertz CT molecular complexity index is 153. The molecular weight excluding hydrogens is 192 g/mol.